The van der Waals surface area contributed by atoms with Crippen LogP contribution in [0, 0.1) is 13.8 Å². The number of carboxylic acid groups (broad SMARTS) is 1. The van der Waals surface area contributed by atoms with Crippen molar-refractivity contribution in [3.05, 3.63) is 23.5 Å². The molecule has 0 aliphatic heterocycles. The lowest BCUT2D eigenvalue weighted by molar-refractivity contribution is -0.137. The van der Waals surface area contributed by atoms with E-state index in [9.17, 15) is 4.79 Å². The predicted octanol–water partition coefficient (Wildman–Crippen LogP) is 1.39. The number of aliphatic carboxylic acids is 1. The zero-order valence-corrected chi connectivity index (χ0v) is 11.0. The SMILES string of the molecule is Cc1ccc(-c2nnnn2C(C)CC(=O)O)c(C)n1. The first-order valence-corrected chi connectivity index (χ1v) is 5.93. The Labute approximate surface area is 110 Å². The highest BCUT2D eigenvalue weighted by atomic mass is 16.4. The van der Waals surface area contributed by atoms with Gasteiger partial charge in [0, 0.05) is 17.0 Å². The Bertz CT molecular complexity index is 608. The fourth-order valence-corrected chi connectivity index (χ4v) is 1.93. The van der Waals surface area contributed by atoms with E-state index in [0.717, 1.165) is 17.0 Å². The van der Waals surface area contributed by atoms with E-state index >= 15 is 0 Å². The lowest BCUT2D eigenvalue weighted by atomic mass is 10.1. The number of hydrogen-bond donors (Lipinski definition) is 1. The normalized spacial score (nSPS) is 12.4. The van der Waals surface area contributed by atoms with E-state index in [-0.39, 0.29) is 12.5 Å². The molecule has 0 spiro atoms. The van der Waals surface area contributed by atoms with Crippen molar-refractivity contribution in [2.45, 2.75) is 33.2 Å². The maximum Gasteiger partial charge on any atom is 0.305 e. The second-order valence-electron chi connectivity index (χ2n) is 4.48. The number of hydrogen-bond acceptors (Lipinski definition) is 5. The number of pyridine rings is 1. The largest absolute Gasteiger partial charge is 0.481 e. The summed E-state index contributed by atoms with van der Waals surface area (Å²) in [4.78, 5) is 15.1. The number of tetrazole rings is 1. The molecular formula is C12H15N5O2. The van der Waals surface area contributed by atoms with E-state index in [2.05, 4.69) is 20.5 Å². The molecule has 0 bridgehead atoms. The van der Waals surface area contributed by atoms with Crippen LogP contribution < -0.4 is 0 Å². The second kappa shape index (κ2) is 5.13. The zero-order valence-electron chi connectivity index (χ0n) is 11.0. The van der Waals surface area contributed by atoms with Crippen LogP contribution in [-0.4, -0.2) is 36.3 Å². The molecule has 100 valence electrons. The first kappa shape index (κ1) is 13.1. The van der Waals surface area contributed by atoms with Crippen molar-refractivity contribution in [2.75, 3.05) is 0 Å². The van der Waals surface area contributed by atoms with Gasteiger partial charge in [-0.25, -0.2) is 4.68 Å². The number of aromatic nitrogens is 5. The van der Waals surface area contributed by atoms with Crippen molar-refractivity contribution >= 4 is 5.97 Å². The Balaban J connectivity index is 2.41. The van der Waals surface area contributed by atoms with Gasteiger partial charge in [0.05, 0.1) is 12.5 Å². The van der Waals surface area contributed by atoms with Crippen LogP contribution in [0.1, 0.15) is 30.8 Å². The summed E-state index contributed by atoms with van der Waals surface area (Å²) in [5.41, 5.74) is 2.55. The van der Waals surface area contributed by atoms with E-state index in [4.69, 9.17) is 5.11 Å². The smallest absolute Gasteiger partial charge is 0.305 e. The van der Waals surface area contributed by atoms with E-state index in [1.807, 2.05) is 26.0 Å². The summed E-state index contributed by atoms with van der Waals surface area (Å²) in [6.07, 6.45) is -0.0314. The van der Waals surface area contributed by atoms with E-state index in [1.54, 1.807) is 6.92 Å². The monoisotopic (exact) mass is 261 g/mol. The van der Waals surface area contributed by atoms with Crippen molar-refractivity contribution < 1.29 is 9.90 Å². The lowest BCUT2D eigenvalue weighted by Gasteiger charge is -2.12. The molecule has 1 unspecified atom stereocenters. The van der Waals surface area contributed by atoms with Gasteiger partial charge in [0.25, 0.3) is 0 Å². The third kappa shape index (κ3) is 2.75. The molecule has 2 aromatic rings. The summed E-state index contributed by atoms with van der Waals surface area (Å²) in [5, 5.41) is 20.3. The molecule has 2 rings (SSSR count). The molecule has 0 fully saturated rings. The minimum absolute atomic E-state index is 0.0314. The van der Waals surface area contributed by atoms with Gasteiger partial charge in [-0.15, -0.1) is 5.10 Å². The molecule has 0 saturated heterocycles. The van der Waals surface area contributed by atoms with Crippen LogP contribution in [0.4, 0.5) is 0 Å². The first-order valence-electron chi connectivity index (χ1n) is 5.93. The molecule has 7 nitrogen and oxygen atoms in total. The molecule has 0 amide bonds. The maximum absolute atomic E-state index is 10.8. The summed E-state index contributed by atoms with van der Waals surface area (Å²) in [6.45, 7) is 5.56. The van der Waals surface area contributed by atoms with Crippen molar-refractivity contribution in [3.8, 4) is 11.4 Å². The van der Waals surface area contributed by atoms with Gasteiger partial charge < -0.3 is 5.11 Å². The fraction of sp³-hybridized carbons (Fsp3) is 0.417. The standard InChI is InChI=1S/C12H15N5O2/c1-7-4-5-10(9(3)13-7)12-14-15-16-17(12)8(2)6-11(18)19/h4-5,8H,6H2,1-3H3,(H,18,19). The molecule has 19 heavy (non-hydrogen) atoms. The van der Waals surface area contributed by atoms with Gasteiger partial charge in [-0.2, -0.15) is 0 Å². The maximum atomic E-state index is 10.8. The Morgan fingerprint density at radius 2 is 2.16 bits per heavy atom. The van der Waals surface area contributed by atoms with Crippen molar-refractivity contribution in [1.82, 2.24) is 25.2 Å². The summed E-state index contributed by atoms with van der Waals surface area (Å²) in [7, 11) is 0. The molecule has 0 aliphatic rings. The summed E-state index contributed by atoms with van der Waals surface area (Å²) in [6, 6.07) is 3.46. The number of aryl methyl sites for hydroxylation is 2. The molecule has 0 aliphatic carbocycles. The highest BCUT2D eigenvalue weighted by Crippen LogP contribution is 2.23. The molecule has 2 heterocycles. The molecule has 0 aromatic carbocycles. The third-order valence-electron chi connectivity index (χ3n) is 2.85. The van der Waals surface area contributed by atoms with Crippen molar-refractivity contribution in [1.29, 1.82) is 0 Å². The minimum Gasteiger partial charge on any atom is -0.481 e. The molecule has 1 N–H and O–H groups in total. The number of carbonyl (C=O) groups is 1. The fourth-order valence-electron chi connectivity index (χ4n) is 1.93. The van der Waals surface area contributed by atoms with Gasteiger partial charge in [0.2, 0.25) is 0 Å². The van der Waals surface area contributed by atoms with Gasteiger partial charge in [0.1, 0.15) is 0 Å². The van der Waals surface area contributed by atoms with Gasteiger partial charge in [0.15, 0.2) is 5.82 Å². The van der Waals surface area contributed by atoms with Crippen LogP contribution in [-0.2, 0) is 4.79 Å². The molecule has 0 saturated carbocycles. The molecule has 2 aromatic heterocycles. The first-order chi connectivity index (χ1) is 8.99. The number of carboxylic acids is 1. The van der Waals surface area contributed by atoms with Crippen molar-refractivity contribution in [3.63, 3.8) is 0 Å². The van der Waals surface area contributed by atoms with Crippen LogP contribution in [0.3, 0.4) is 0 Å². The highest BCUT2D eigenvalue weighted by Gasteiger charge is 2.18. The molecular weight excluding hydrogens is 246 g/mol. The van der Waals surface area contributed by atoms with E-state index in [1.165, 1.54) is 4.68 Å². The number of nitrogens with zero attached hydrogens (tertiary/aromatic N) is 5. The highest BCUT2D eigenvalue weighted by molar-refractivity contribution is 5.67. The predicted molar refractivity (Wildman–Crippen MR) is 67.5 cm³/mol. The quantitative estimate of drug-likeness (QED) is 0.893. The summed E-state index contributed by atoms with van der Waals surface area (Å²) < 4.78 is 1.52. The van der Waals surface area contributed by atoms with E-state index in [0.29, 0.717) is 5.82 Å². The third-order valence-corrected chi connectivity index (χ3v) is 2.85. The zero-order chi connectivity index (χ0) is 14.0. The van der Waals surface area contributed by atoms with Crippen LogP contribution in [0.25, 0.3) is 11.4 Å². The molecule has 7 heteroatoms. The topological polar surface area (TPSA) is 93.8 Å². The van der Waals surface area contributed by atoms with E-state index < -0.39 is 5.97 Å². The van der Waals surface area contributed by atoms with Crippen LogP contribution in [0.5, 0.6) is 0 Å². The van der Waals surface area contributed by atoms with Gasteiger partial charge in [-0.1, -0.05) is 0 Å². The summed E-state index contributed by atoms with van der Waals surface area (Å²) >= 11 is 0. The minimum atomic E-state index is -0.882. The van der Waals surface area contributed by atoms with Crippen LogP contribution in [0.15, 0.2) is 12.1 Å². The average Bonchev–Trinajstić information content (AvgIpc) is 2.76. The molecule has 1 atom stereocenters. The Morgan fingerprint density at radius 3 is 2.79 bits per heavy atom. The van der Waals surface area contributed by atoms with Gasteiger partial charge in [-0.05, 0) is 43.3 Å². The van der Waals surface area contributed by atoms with Crippen LogP contribution in [0.2, 0.25) is 0 Å². The lowest BCUT2D eigenvalue weighted by Crippen LogP contribution is -2.13. The molecule has 0 radical (unpaired) electrons. The van der Waals surface area contributed by atoms with Gasteiger partial charge >= 0.3 is 5.97 Å². The Hall–Kier alpha value is -2.31. The van der Waals surface area contributed by atoms with Gasteiger partial charge in [-0.3, -0.25) is 9.78 Å². The Morgan fingerprint density at radius 1 is 1.42 bits per heavy atom. The van der Waals surface area contributed by atoms with Crippen molar-refractivity contribution in [2.24, 2.45) is 0 Å². The average molecular weight is 261 g/mol. The summed E-state index contributed by atoms with van der Waals surface area (Å²) in [5.74, 6) is -0.341. The van der Waals surface area contributed by atoms with Crippen LogP contribution >= 0.6 is 0 Å². The number of rotatable bonds is 4. The second-order valence-corrected chi connectivity index (χ2v) is 4.48. The Kier molecular flexibility index (Phi) is 3.55.